The molecule has 4 unspecified atom stereocenters. The quantitative estimate of drug-likeness (QED) is 0.119. The number of nitrogens with zero attached hydrogens (tertiary/aromatic N) is 2. The summed E-state index contributed by atoms with van der Waals surface area (Å²) in [5, 5.41) is 92.6. The summed E-state index contributed by atoms with van der Waals surface area (Å²) < 4.78 is 43.2. The standard InChI is InChI=1S/C17H24FN3O7.C11H14FN3O2.C7H14O5.7H2S/c1-21-6-9(27-17(21)26)5-19-11-3-2-8(4-10(11)18)20-16-15(25)14(24)13(23)12(7-22)28-16;1-15-6-8(17-11(15)16)5-14-10-3-2-7(13)4-9(10)12;8-2-3-1-4(9)6(11)7(12)5(3)10;;;;;;;/h2-4,9,12-16,19-20,22-25H,5-7H2,1H3;2-4,8,14H,5-6,13H2,1H3;3-12H,1-2H2;7*1H2/t9-,12?,13-,14?,15+,16-;8-;3?,4-,5+,6?,7-;;;;;;;/m000......./s1. The van der Waals surface area contributed by atoms with Gasteiger partial charge in [-0.2, -0.15) is 94.5 Å². The largest absolute Gasteiger partial charge is 0.442 e. The Balaban J connectivity index is -0.000000434. The lowest BCUT2D eigenvalue weighted by Gasteiger charge is -2.40. The van der Waals surface area contributed by atoms with Crippen LogP contribution < -0.4 is 21.7 Å². The normalized spacial score (nSPS) is 28.8. The first-order chi connectivity index (χ1) is 26.9. The summed E-state index contributed by atoms with van der Waals surface area (Å²) >= 11 is 0. The van der Waals surface area contributed by atoms with E-state index in [2.05, 4.69) is 16.0 Å². The van der Waals surface area contributed by atoms with Gasteiger partial charge in [0.25, 0.3) is 0 Å². The number of rotatable bonds is 10. The number of aliphatic hydroxyl groups is 9. The lowest BCUT2D eigenvalue weighted by Crippen LogP contribution is -2.60. The number of nitrogen functional groups attached to an aromatic ring is 1. The van der Waals surface area contributed by atoms with Crippen molar-refractivity contribution < 1.29 is 78.5 Å². The minimum atomic E-state index is -1.53. The zero-order valence-electron chi connectivity index (χ0n) is 34.6. The van der Waals surface area contributed by atoms with Gasteiger partial charge in [-0.25, -0.2) is 18.4 Å². The molecule has 14 N–H and O–H groups in total. The van der Waals surface area contributed by atoms with Crippen molar-refractivity contribution in [2.24, 2.45) is 5.92 Å². The second-order valence-corrected chi connectivity index (χ2v) is 14.1. The molecule has 6 rings (SSSR count). The van der Waals surface area contributed by atoms with Gasteiger partial charge in [0, 0.05) is 38.0 Å². The van der Waals surface area contributed by atoms with E-state index in [9.17, 15) is 43.9 Å². The summed E-state index contributed by atoms with van der Waals surface area (Å²) in [6.07, 6.45) is -12.9. The first-order valence-corrected chi connectivity index (χ1v) is 18.0. The average molecular weight is 1060 g/mol. The summed E-state index contributed by atoms with van der Waals surface area (Å²) in [4.78, 5) is 25.3. The molecule has 3 heterocycles. The number of carbonyl (C=O) groups is 2. The molecule has 1 saturated carbocycles. The first kappa shape index (κ1) is 68.7. The number of aliphatic hydroxyl groups excluding tert-OH is 9. The molecular weight excluding hydrogens is 991 g/mol. The average Bonchev–Trinajstić information content (AvgIpc) is 3.68. The van der Waals surface area contributed by atoms with E-state index in [1.807, 2.05) is 0 Å². The molecule has 0 radical (unpaired) electrons. The zero-order valence-corrected chi connectivity index (χ0v) is 41.6. The molecule has 4 fully saturated rings. The molecule has 3 saturated heterocycles. The number of anilines is 4. The molecule has 2 aromatic rings. The highest BCUT2D eigenvalue weighted by atomic mass is 32.1. The fraction of sp³-hybridized carbons (Fsp3) is 0.600. The van der Waals surface area contributed by atoms with Gasteiger partial charge in [-0.05, 0) is 42.8 Å². The number of benzene rings is 2. The van der Waals surface area contributed by atoms with E-state index in [1.165, 1.54) is 28.0 Å². The number of nitrogens with one attached hydrogen (secondary N) is 3. The van der Waals surface area contributed by atoms with Crippen molar-refractivity contribution in [2.75, 3.05) is 75.2 Å². The van der Waals surface area contributed by atoms with E-state index in [0.717, 1.165) is 6.07 Å². The minimum absolute atomic E-state index is 0. The van der Waals surface area contributed by atoms with Gasteiger partial charge >= 0.3 is 12.2 Å². The van der Waals surface area contributed by atoms with Gasteiger partial charge in [-0.3, -0.25) is 0 Å². The van der Waals surface area contributed by atoms with Crippen LogP contribution in [0.15, 0.2) is 36.4 Å². The zero-order chi connectivity index (χ0) is 42.1. The van der Waals surface area contributed by atoms with Crippen molar-refractivity contribution in [1.29, 1.82) is 0 Å². The summed E-state index contributed by atoms with van der Waals surface area (Å²) in [5.41, 5.74) is 6.63. The summed E-state index contributed by atoms with van der Waals surface area (Å²) in [6.45, 7) is 0.666. The molecule has 64 heavy (non-hydrogen) atoms. The lowest BCUT2D eigenvalue weighted by atomic mass is 9.81. The molecule has 376 valence electrons. The highest BCUT2D eigenvalue weighted by Crippen LogP contribution is 2.27. The van der Waals surface area contributed by atoms with Gasteiger partial charge in [0.1, 0.15) is 60.5 Å². The second kappa shape index (κ2) is 32.0. The minimum Gasteiger partial charge on any atom is -0.442 e. The summed E-state index contributed by atoms with van der Waals surface area (Å²) in [5.74, 6) is -1.56. The van der Waals surface area contributed by atoms with Gasteiger partial charge in [0.15, 0.2) is 6.23 Å². The van der Waals surface area contributed by atoms with Crippen LogP contribution in [0.1, 0.15) is 6.42 Å². The molecule has 2 amide bonds. The van der Waals surface area contributed by atoms with Crippen LogP contribution in [0.25, 0.3) is 0 Å². The van der Waals surface area contributed by atoms with Gasteiger partial charge < -0.3 is 91.7 Å². The molecule has 0 bridgehead atoms. The molecule has 12 atom stereocenters. The third-order valence-electron chi connectivity index (χ3n) is 9.67. The Morgan fingerprint density at radius 2 is 1.12 bits per heavy atom. The number of cyclic esters (lactones) is 2. The van der Waals surface area contributed by atoms with Gasteiger partial charge in [0.2, 0.25) is 0 Å². The van der Waals surface area contributed by atoms with Crippen LogP contribution in [0.5, 0.6) is 0 Å². The van der Waals surface area contributed by atoms with Crippen LogP contribution in [0.2, 0.25) is 0 Å². The maximum absolute atomic E-state index is 14.4. The Kier molecular flexibility index (Phi) is 34.3. The third kappa shape index (κ3) is 18.6. The molecule has 0 aromatic heterocycles. The molecule has 3 aliphatic heterocycles. The maximum Gasteiger partial charge on any atom is 0.410 e. The Morgan fingerprint density at radius 1 is 0.656 bits per heavy atom. The number of hydrogen-bond donors (Lipinski definition) is 13. The smallest absolute Gasteiger partial charge is 0.410 e. The summed E-state index contributed by atoms with van der Waals surface area (Å²) in [6, 6.07) is 8.57. The Morgan fingerprint density at radius 3 is 1.55 bits per heavy atom. The second-order valence-electron chi connectivity index (χ2n) is 14.1. The van der Waals surface area contributed by atoms with Crippen molar-refractivity contribution in [3.05, 3.63) is 48.0 Å². The number of hydrogen-bond acceptors (Lipinski definition) is 18. The van der Waals surface area contributed by atoms with E-state index in [4.69, 9.17) is 40.4 Å². The molecular formula is C35H66F2N6O14S7. The van der Waals surface area contributed by atoms with E-state index >= 15 is 0 Å². The van der Waals surface area contributed by atoms with Gasteiger partial charge in [0.05, 0.1) is 56.4 Å². The van der Waals surface area contributed by atoms with E-state index < -0.39 is 85.3 Å². The van der Waals surface area contributed by atoms with Crippen LogP contribution in [0.3, 0.4) is 0 Å². The molecule has 1 aliphatic carbocycles. The van der Waals surface area contributed by atoms with Crippen LogP contribution in [-0.4, -0.2) is 189 Å². The highest BCUT2D eigenvalue weighted by molar-refractivity contribution is 7.60. The van der Waals surface area contributed by atoms with Crippen molar-refractivity contribution in [2.45, 2.75) is 73.7 Å². The SMILES string of the molecule is CN1C[C@H](CNc2ccc(N)cc2F)OC1=O.CN1C[C@H](CNc2ccc(N[C@H]3OC(CO)[C@H](O)C(O)[C@H]3O)cc2F)OC1=O.OCC1C[C@H](O)C(O)[C@@H](O)[C@@H]1O.S.S.S.S.S.S.S. The third-order valence-corrected chi connectivity index (χ3v) is 9.67. The van der Waals surface area contributed by atoms with Crippen LogP contribution in [-0.2, 0) is 14.2 Å². The van der Waals surface area contributed by atoms with Crippen LogP contribution in [0.4, 0.5) is 41.1 Å². The van der Waals surface area contributed by atoms with Gasteiger partial charge in [-0.1, -0.05) is 0 Å². The Hall–Kier alpha value is -1.91. The number of amides is 2. The Labute approximate surface area is 418 Å². The first-order valence-electron chi connectivity index (χ1n) is 18.0. The number of halogens is 2. The fourth-order valence-electron chi connectivity index (χ4n) is 6.25. The lowest BCUT2D eigenvalue weighted by molar-refractivity contribution is -0.221. The van der Waals surface area contributed by atoms with E-state index in [1.54, 1.807) is 26.2 Å². The molecule has 29 heteroatoms. The number of likely N-dealkylation sites (N-methyl/N-ethyl adjacent to an activating group) is 2. The number of nitrogens with two attached hydrogens (primary N) is 1. The molecule has 20 nitrogen and oxygen atoms in total. The van der Waals surface area contributed by atoms with Crippen molar-refractivity contribution in [1.82, 2.24) is 9.80 Å². The number of ether oxygens (including phenoxy) is 3. The van der Waals surface area contributed by atoms with E-state index in [-0.39, 0.29) is 144 Å². The van der Waals surface area contributed by atoms with Crippen molar-refractivity contribution in [3.63, 3.8) is 0 Å². The van der Waals surface area contributed by atoms with Gasteiger partial charge in [-0.15, -0.1) is 0 Å². The highest BCUT2D eigenvalue weighted by Gasteiger charge is 2.44. The topological polar surface area (TPSA) is 312 Å². The van der Waals surface area contributed by atoms with Crippen LogP contribution in [0, 0.1) is 17.6 Å². The maximum atomic E-state index is 14.4. The van der Waals surface area contributed by atoms with Crippen molar-refractivity contribution >= 4 is 129 Å². The fourth-order valence-corrected chi connectivity index (χ4v) is 6.25. The Bertz CT molecular complexity index is 1660. The summed E-state index contributed by atoms with van der Waals surface area (Å²) in [7, 11) is 3.27. The monoisotopic (exact) mass is 1060 g/mol. The molecule has 0 spiro atoms. The molecule has 2 aromatic carbocycles. The predicted molar refractivity (Wildman–Crippen MR) is 269 cm³/mol. The molecule has 4 aliphatic rings. The predicted octanol–water partition coefficient (Wildman–Crippen LogP) is -1.60. The van der Waals surface area contributed by atoms with Crippen molar-refractivity contribution in [3.8, 4) is 0 Å². The van der Waals surface area contributed by atoms with E-state index in [0.29, 0.717) is 31.0 Å². The van der Waals surface area contributed by atoms with Crippen LogP contribution >= 0.6 is 94.5 Å². The number of carbonyl (C=O) groups excluding carboxylic acids is 2.